The van der Waals surface area contributed by atoms with Gasteiger partial charge in [0.2, 0.25) is 0 Å². The molecule has 1 aromatic carbocycles. The summed E-state index contributed by atoms with van der Waals surface area (Å²) in [5.41, 5.74) is 0.537. The molecule has 0 saturated heterocycles. The molecule has 3 atom stereocenters. The molecule has 3 unspecified atom stereocenters. The van der Waals surface area contributed by atoms with E-state index in [1.165, 1.54) is 12.1 Å². The highest BCUT2D eigenvalue weighted by Crippen LogP contribution is 2.30. The van der Waals surface area contributed by atoms with Crippen LogP contribution in [0.2, 0.25) is 0 Å². The minimum atomic E-state index is -0.744. The standard InChI is InChI=1S/C16H21F2NO2/c1-10(12-6-13(17)8-14(18)7-12)19-9-11-4-2-3-5-15(11)16(20)21/h6-8,10-11,15,19H,2-5,9H2,1H3,(H,20,21). The second kappa shape index (κ2) is 6.98. The van der Waals surface area contributed by atoms with Crippen LogP contribution in [0, 0.1) is 23.5 Å². The third kappa shape index (κ3) is 4.24. The normalized spacial score (nSPS) is 23.8. The Morgan fingerprint density at radius 3 is 2.52 bits per heavy atom. The molecule has 0 radical (unpaired) electrons. The van der Waals surface area contributed by atoms with Crippen molar-refractivity contribution in [1.82, 2.24) is 5.32 Å². The van der Waals surface area contributed by atoms with Gasteiger partial charge in [-0.3, -0.25) is 4.79 Å². The fraction of sp³-hybridized carbons (Fsp3) is 0.562. The number of nitrogens with one attached hydrogen (secondary N) is 1. The van der Waals surface area contributed by atoms with E-state index in [0.717, 1.165) is 25.3 Å². The third-order valence-electron chi connectivity index (χ3n) is 4.30. The minimum absolute atomic E-state index is 0.0807. The van der Waals surface area contributed by atoms with Crippen LogP contribution >= 0.6 is 0 Å². The topological polar surface area (TPSA) is 49.3 Å². The van der Waals surface area contributed by atoms with Crippen molar-refractivity contribution in [1.29, 1.82) is 0 Å². The smallest absolute Gasteiger partial charge is 0.306 e. The summed E-state index contributed by atoms with van der Waals surface area (Å²) in [6.45, 7) is 2.38. The lowest BCUT2D eigenvalue weighted by molar-refractivity contribution is -0.144. The number of carboxylic acid groups (broad SMARTS) is 1. The van der Waals surface area contributed by atoms with Crippen molar-refractivity contribution in [2.24, 2.45) is 11.8 Å². The molecule has 21 heavy (non-hydrogen) atoms. The number of carbonyl (C=O) groups is 1. The van der Waals surface area contributed by atoms with Crippen molar-refractivity contribution in [3.8, 4) is 0 Å². The molecule has 0 spiro atoms. The van der Waals surface area contributed by atoms with Crippen LogP contribution in [0.1, 0.15) is 44.2 Å². The summed E-state index contributed by atoms with van der Waals surface area (Å²) >= 11 is 0. The van der Waals surface area contributed by atoms with Crippen molar-refractivity contribution >= 4 is 5.97 Å². The van der Waals surface area contributed by atoms with Gasteiger partial charge in [0.15, 0.2) is 0 Å². The van der Waals surface area contributed by atoms with E-state index in [2.05, 4.69) is 5.32 Å². The summed E-state index contributed by atoms with van der Waals surface area (Å²) in [4.78, 5) is 11.2. The maximum Gasteiger partial charge on any atom is 0.306 e. The number of aliphatic carboxylic acids is 1. The van der Waals surface area contributed by atoms with Gasteiger partial charge in [-0.1, -0.05) is 12.8 Å². The molecule has 1 saturated carbocycles. The minimum Gasteiger partial charge on any atom is -0.481 e. The second-order valence-electron chi connectivity index (χ2n) is 5.82. The quantitative estimate of drug-likeness (QED) is 0.874. The number of hydrogen-bond acceptors (Lipinski definition) is 2. The van der Waals surface area contributed by atoms with Crippen LogP contribution in [0.3, 0.4) is 0 Å². The molecule has 1 aromatic rings. The van der Waals surface area contributed by atoms with Crippen molar-refractivity contribution < 1.29 is 18.7 Å². The van der Waals surface area contributed by atoms with Gasteiger partial charge in [0.1, 0.15) is 11.6 Å². The Labute approximate surface area is 123 Å². The molecule has 1 aliphatic carbocycles. The van der Waals surface area contributed by atoms with Gasteiger partial charge < -0.3 is 10.4 Å². The lowest BCUT2D eigenvalue weighted by Crippen LogP contribution is -2.35. The van der Waals surface area contributed by atoms with E-state index < -0.39 is 17.6 Å². The molecule has 0 heterocycles. The van der Waals surface area contributed by atoms with E-state index in [1.807, 2.05) is 6.92 Å². The molecular formula is C16H21F2NO2. The van der Waals surface area contributed by atoms with Gasteiger partial charge in [-0.2, -0.15) is 0 Å². The lowest BCUT2D eigenvalue weighted by Gasteiger charge is -2.30. The first-order valence-electron chi connectivity index (χ1n) is 7.39. The Morgan fingerprint density at radius 1 is 1.29 bits per heavy atom. The van der Waals surface area contributed by atoms with Gasteiger partial charge in [-0.05, 0) is 49.9 Å². The highest BCUT2D eigenvalue weighted by Gasteiger charge is 2.30. The summed E-state index contributed by atoms with van der Waals surface area (Å²) in [6.07, 6.45) is 3.59. The summed E-state index contributed by atoms with van der Waals surface area (Å²) in [6, 6.07) is 3.23. The average molecular weight is 297 g/mol. The fourth-order valence-corrected chi connectivity index (χ4v) is 3.05. The zero-order valence-corrected chi connectivity index (χ0v) is 12.1. The largest absolute Gasteiger partial charge is 0.481 e. The number of rotatable bonds is 5. The van der Waals surface area contributed by atoms with Gasteiger partial charge in [0, 0.05) is 12.1 Å². The highest BCUT2D eigenvalue weighted by molar-refractivity contribution is 5.70. The van der Waals surface area contributed by atoms with E-state index in [-0.39, 0.29) is 17.9 Å². The zero-order valence-electron chi connectivity index (χ0n) is 12.1. The Hall–Kier alpha value is -1.49. The molecule has 2 N–H and O–H groups in total. The third-order valence-corrected chi connectivity index (χ3v) is 4.30. The van der Waals surface area contributed by atoms with E-state index in [9.17, 15) is 18.7 Å². The predicted octanol–water partition coefficient (Wildman–Crippen LogP) is 3.51. The van der Waals surface area contributed by atoms with Crippen molar-refractivity contribution in [3.63, 3.8) is 0 Å². The number of carboxylic acids is 1. The lowest BCUT2D eigenvalue weighted by atomic mass is 9.79. The van der Waals surface area contributed by atoms with Crippen LogP contribution in [0.5, 0.6) is 0 Å². The number of halogens is 2. The Balaban J connectivity index is 1.96. The first kappa shape index (κ1) is 15.9. The van der Waals surface area contributed by atoms with Crippen LogP contribution in [-0.2, 0) is 4.79 Å². The molecule has 0 aliphatic heterocycles. The summed E-state index contributed by atoms with van der Waals surface area (Å²) in [7, 11) is 0. The monoisotopic (exact) mass is 297 g/mol. The molecule has 0 aromatic heterocycles. The van der Waals surface area contributed by atoms with Crippen molar-refractivity contribution in [2.75, 3.05) is 6.54 Å². The molecule has 116 valence electrons. The van der Waals surface area contributed by atoms with E-state index in [4.69, 9.17) is 0 Å². The van der Waals surface area contributed by atoms with Gasteiger partial charge in [-0.25, -0.2) is 8.78 Å². The first-order chi connectivity index (χ1) is 9.97. The number of hydrogen-bond donors (Lipinski definition) is 2. The molecule has 0 bridgehead atoms. The molecular weight excluding hydrogens is 276 g/mol. The molecule has 5 heteroatoms. The zero-order chi connectivity index (χ0) is 15.4. The van der Waals surface area contributed by atoms with Crippen LogP contribution in [0.15, 0.2) is 18.2 Å². The average Bonchev–Trinajstić information content (AvgIpc) is 2.43. The second-order valence-corrected chi connectivity index (χ2v) is 5.82. The van der Waals surface area contributed by atoms with E-state index >= 15 is 0 Å². The van der Waals surface area contributed by atoms with Gasteiger partial charge in [0.05, 0.1) is 5.92 Å². The molecule has 2 rings (SSSR count). The first-order valence-corrected chi connectivity index (χ1v) is 7.39. The van der Waals surface area contributed by atoms with Crippen molar-refractivity contribution in [2.45, 2.75) is 38.6 Å². The van der Waals surface area contributed by atoms with Crippen LogP contribution in [-0.4, -0.2) is 17.6 Å². The van der Waals surface area contributed by atoms with Crippen molar-refractivity contribution in [3.05, 3.63) is 35.4 Å². The van der Waals surface area contributed by atoms with Gasteiger partial charge >= 0.3 is 5.97 Å². The van der Waals surface area contributed by atoms with E-state index in [0.29, 0.717) is 18.5 Å². The SMILES string of the molecule is CC(NCC1CCCCC1C(=O)O)c1cc(F)cc(F)c1. The van der Waals surface area contributed by atoms with Gasteiger partial charge in [0.25, 0.3) is 0 Å². The van der Waals surface area contributed by atoms with Gasteiger partial charge in [-0.15, -0.1) is 0 Å². The van der Waals surface area contributed by atoms with Crippen LogP contribution in [0.4, 0.5) is 8.78 Å². The maximum atomic E-state index is 13.2. The van der Waals surface area contributed by atoms with Crippen LogP contribution in [0.25, 0.3) is 0 Å². The Morgan fingerprint density at radius 2 is 1.90 bits per heavy atom. The Kier molecular flexibility index (Phi) is 5.28. The maximum absolute atomic E-state index is 13.2. The molecule has 3 nitrogen and oxygen atoms in total. The summed E-state index contributed by atoms with van der Waals surface area (Å²) < 4.78 is 26.4. The summed E-state index contributed by atoms with van der Waals surface area (Å²) in [5.74, 6) is -2.18. The van der Waals surface area contributed by atoms with E-state index in [1.54, 1.807) is 0 Å². The molecule has 0 amide bonds. The highest BCUT2D eigenvalue weighted by atomic mass is 19.1. The molecule has 1 fully saturated rings. The Bertz CT molecular complexity index is 487. The summed E-state index contributed by atoms with van der Waals surface area (Å²) in [5, 5.41) is 12.4. The fourth-order valence-electron chi connectivity index (χ4n) is 3.05. The number of benzene rings is 1. The predicted molar refractivity (Wildman–Crippen MR) is 75.9 cm³/mol. The molecule has 1 aliphatic rings. The van der Waals surface area contributed by atoms with Crippen LogP contribution < -0.4 is 5.32 Å².